The molecule has 0 aromatic rings. The van der Waals surface area contributed by atoms with Gasteiger partial charge < -0.3 is 0 Å². The predicted molar refractivity (Wildman–Crippen MR) is 52.5 cm³/mol. The van der Waals surface area contributed by atoms with Crippen molar-refractivity contribution in [2.75, 3.05) is 0 Å². The van der Waals surface area contributed by atoms with E-state index in [1.807, 2.05) is 18.2 Å². The summed E-state index contributed by atoms with van der Waals surface area (Å²) in [6.45, 7) is 3.39. The van der Waals surface area contributed by atoms with Crippen LogP contribution in [0.3, 0.4) is 0 Å². The van der Waals surface area contributed by atoms with Crippen LogP contribution in [0.25, 0.3) is 0 Å². The molecule has 0 rings (SSSR count). The smallest absolute Gasteiger partial charge is 0.0957 e. The van der Waals surface area contributed by atoms with E-state index in [1.54, 1.807) is 19.9 Å². The third-order valence-corrected chi connectivity index (χ3v) is 1.89. The van der Waals surface area contributed by atoms with Crippen molar-refractivity contribution in [2.45, 2.75) is 26.7 Å². The minimum absolute atomic E-state index is 0.431. The Morgan fingerprint density at radius 1 is 1.07 bits per heavy atom. The van der Waals surface area contributed by atoms with E-state index >= 15 is 0 Å². The van der Waals surface area contributed by atoms with E-state index in [-0.39, 0.29) is 0 Å². The summed E-state index contributed by atoms with van der Waals surface area (Å²) in [6.07, 6.45) is 2.70. The van der Waals surface area contributed by atoms with Crippen molar-refractivity contribution in [3.63, 3.8) is 0 Å². The van der Waals surface area contributed by atoms with Gasteiger partial charge in [-0.15, -0.1) is 0 Å². The highest BCUT2D eigenvalue weighted by molar-refractivity contribution is 5.36. The Hall–Kier alpha value is -2.05. The van der Waals surface area contributed by atoms with E-state index in [0.717, 1.165) is 0 Å². The van der Waals surface area contributed by atoms with Crippen LogP contribution in [-0.4, -0.2) is 0 Å². The molecule has 0 heterocycles. The maximum absolute atomic E-state index is 8.72. The standard InChI is InChI=1S/C11H11N3/c1-3-10(7-13)4-5-11(8-14)9(2)6-12/h3H,4-5H2,1-2H3. The molecule has 0 bridgehead atoms. The summed E-state index contributed by atoms with van der Waals surface area (Å²) in [5.74, 6) is 0. The first-order valence-electron chi connectivity index (χ1n) is 4.24. The molecular weight excluding hydrogens is 174 g/mol. The molecule has 3 nitrogen and oxygen atoms in total. The van der Waals surface area contributed by atoms with Gasteiger partial charge in [-0.25, -0.2) is 0 Å². The van der Waals surface area contributed by atoms with Gasteiger partial charge in [0, 0.05) is 16.7 Å². The fourth-order valence-corrected chi connectivity index (χ4v) is 0.919. The van der Waals surface area contributed by atoms with Gasteiger partial charge in [-0.05, 0) is 26.7 Å². The second-order valence-electron chi connectivity index (χ2n) is 2.75. The average molecular weight is 185 g/mol. The summed E-state index contributed by atoms with van der Waals surface area (Å²) >= 11 is 0. The zero-order valence-corrected chi connectivity index (χ0v) is 8.33. The average Bonchev–Trinajstić information content (AvgIpc) is 2.24. The normalized spacial score (nSPS) is 12.1. The summed E-state index contributed by atoms with van der Waals surface area (Å²) in [5, 5.41) is 25.9. The van der Waals surface area contributed by atoms with E-state index in [9.17, 15) is 0 Å². The van der Waals surface area contributed by atoms with Gasteiger partial charge in [0.1, 0.15) is 0 Å². The third-order valence-electron chi connectivity index (χ3n) is 1.89. The van der Waals surface area contributed by atoms with E-state index in [2.05, 4.69) is 0 Å². The van der Waals surface area contributed by atoms with Crippen LogP contribution >= 0.6 is 0 Å². The third kappa shape index (κ3) is 3.57. The molecule has 3 heteroatoms. The Bertz CT molecular complexity index is 380. The number of rotatable bonds is 3. The molecule has 0 aliphatic rings. The lowest BCUT2D eigenvalue weighted by Crippen LogP contribution is -1.87. The number of nitriles is 3. The Kier molecular flexibility index (Phi) is 5.52. The minimum Gasteiger partial charge on any atom is -0.193 e. The van der Waals surface area contributed by atoms with Gasteiger partial charge in [0.25, 0.3) is 0 Å². The van der Waals surface area contributed by atoms with E-state index in [0.29, 0.717) is 29.6 Å². The molecule has 0 spiro atoms. The molecule has 0 amide bonds. The van der Waals surface area contributed by atoms with Gasteiger partial charge in [0.2, 0.25) is 0 Å². The Labute approximate surface area is 84.2 Å². The van der Waals surface area contributed by atoms with Crippen LogP contribution in [0.15, 0.2) is 22.8 Å². The summed E-state index contributed by atoms with van der Waals surface area (Å²) in [4.78, 5) is 0. The second kappa shape index (κ2) is 6.46. The first kappa shape index (κ1) is 11.9. The van der Waals surface area contributed by atoms with Gasteiger partial charge in [-0.2, -0.15) is 15.8 Å². The van der Waals surface area contributed by atoms with Gasteiger partial charge in [0.05, 0.1) is 18.2 Å². The van der Waals surface area contributed by atoms with Crippen LogP contribution in [0.2, 0.25) is 0 Å². The number of hydrogen-bond acceptors (Lipinski definition) is 3. The predicted octanol–water partition coefficient (Wildman–Crippen LogP) is 2.60. The van der Waals surface area contributed by atoms with Crippen molar-refractivity contribution >= 4 is 0 Å². The van der Waals surface area contributed by atoms with Crippen LogP contribution in [-0.2, 0) is 0 Å². The summed E-state index contributed by atoms with van der Waals surface area (Å²) in [5.41, 5.74) is 1.53. The lowest BCUT2D eigenvalue weighted by molar-refractivity contribution is 0.963. The largest absolute Gasteiger partial charge is 0.193 e. The van der Waals surface area contributed by atoms with Crippen LogP contribution in [0.4, 0.5) is 0 Å². The van der Waals surface area contributed by atoms with E-state index < -0.39 is 0 Å². The number of allylic oxidation sites excluding steroid dienone is 4. The molecule has 14 heavy (non-hydrogen) atoms. The molecule has 0 radical (unpaired) electrons. The monoisotopic (exact) mass is 185 g/mol. The van der Waals surface area contributed by atoms with Crippen LogP contribution in [0.1, 0.15) is 26.7 Å². The van der Waals surface area contributed by atoms with Crippen LogP contribution < -0.4 is 0 Å². The summed E-state index contributed by atoms with van der Waals surface area (Å²) in [7, 11) is 0. The van der Waals surface area contributed by atoms with E-state index in [1.165, 1.54) is 0 Å². The highest BCUT2D eigenvalue weighted by Crippen LogP contribution is 2.13. The molecule has 0 atom stereocenters. The Morgan fingerprint density at radius 3 is 2.07 bits per heavy atom. The van der Waals surface area contributed by atoms with Gasteiger partial charge in [-0.1, -0.05) is 6.08 Å². The Balaban J connectivity index is 4.51. The maximum Gasteiger partial charge on any atom is 0.0957 e. The molecule has 0 aliphatic carbocycles. The van der Waals surface area contributed by atoms with Crippen molar-refractivity contribution in [1.82, 2.24) is 0 Å². The Morgan fingerprint density at radius 2 is 1.71 bits per heavy atom. The molecule has 0 fully saturated rings. The zero-order valence-electron chi connectivity index (χ0n) is 8.33. The van der Waals surface area contributed by atoms with Gasteiger partial charge in [0.15, 0.2) is 0 Å². The second-order valence-corrected chi connectivity index (χ2v) is 2.75. The van der Waals surface area contributed by atoms with Crippen molar-refractivity contribution < 1.29 is 0 Å². The van der Waals surface area contributed by atoms with Crippen molar-refractivity contribution in [3.8, 4) is 18.2 Å². The fraction of sp³-hybridized carbons (Fsp3) is 0.364. The first-order chi connectivity index (χ1) is 6.69. The number of nitrogens with zero attached hydrogens (tertiary/aromatic N) is 3. The first-order valence-corrected chi connectivity index (χ1v) is 4.24. The molecule has 0 aromatic heterocycles. The topological polar surface area (TPSA) is 71.4 Å². The van der Waals surface area contributed by atoms with E-state index in [4.69, 9.17) is 15.8 Å². The molecular formula is C11H11N3. The van der Waals surface area contributed by atoms with Gasteiger partial charge in [-0.3, -0.25) is 0 Å². The molecule has 0 aromatic carbocycles. The molecule has 0 saturated carbocycles. The molecule has 70 valence electrons. The molecule has 0 aliphatic heterocycles. The molecule has 0 N–H and O–H groups in total. The maximum atomic E-state index is 8.72. The van der Waals surface area contributed by atoms with Crippen LogP contribution in [0.5, 0.6) is 0 Å². The van der Waals surface area contributed by atoms with Gasteiger partial charge >= 0.3 is 0 Å². The lowest BCUT2D eigenvalue weighted by Gasteiger charge is -1.98. The zero-order chi connectivity index (χ0) is 11.0. The fourth-order valence-electron chi connectivity index (χ4n) is 0.919. The summed E-state index contributed by atoms with van der Waals surface area (Å²) < 4.78 is 0. The lowest BCUT2D eigenvalue weighted by atomic mass is 10.0. The SMILES string of the molecule is CC=C(C#N)CCC(C#N)=C(C)C#N. The van der Waals surface area contributed by atoms with Crippen LogP contribution in [0, 0.1) is 34.0 Å². The van der Waals surface area contributed by atoms with Crippen molar-refractivity contribution in [1.29, 1.82) is 15.8 Å². The van der Waals surface area contributed by atoms with Crippen molar-refractivity contribution in [2.24, 2.45) is 0 Å². The highest BCUT2D eigenvalue weighted by atomic mass is 14.3. The minimum atomic E-state index is 0.431. The molecule has 0 unspecified atom stereocenters. The number of hydrogen-bond donors (Lipinski definition) is 0. The highest BCUT2D eigenvalue weighted by Gasteiger charge is 2.03. The summed E-state index contributed by atoms with van der Waals surface area (Å²) in [6, 6.07) is 5.94. The quantitative estimate of drug-likeness (QED) is 0.634. The molecule has 0 saturated heterocycles. The van der Waals surface area contributed by atoms with Crippen molar-refractivity contribution in [3.05, 3.63) is 22.8 Å².